The van der Waals surface area contributed by atoms with Gasteiger partial charge in [0.25, 0.3) is 0 Å². The Labute approximate surface area is 122 Å². The Morgan fingerprint density at radius 3 is 2.25 bits per heavy atom. The molecule has 0 spiro atoms. The molecule has 0 aliphatic carbocycles. The van der Waals surface area contributed by atoms with Crippen molar-refractivity contribution in [2.75, 3.05) is 13.1 Å². The summed E-state index contributed by atoms with van der Waals surface area (Å²) in [6.07, 6.45) is 3.37. The molecular weight excluding hydrogens is 308 g/mol. The molecule has 7 heteroatoms. The van der Waals surface area contributed by atoms with Gasteiger partial charge in [-0.2, -0.15) is 4.31 Å². The predicted octanol–water partition coefficient (Wildman–Crippen LogP) is 3.27. The minimum atomic E-state index is -4.01. The van der Waals surface area contributed by atoms with E-state index in [1.54, 1.807) is 0 Å². The van der Waals surface area contributed by atoms with Gasteiger partial charge in [0.15, 0.2) is 11.6 Å². The fourth-order valence-electron chi connectivity index (χ4n) is 2.30. The monoisotopic (exact) mass is 323 g/mol. The van der Waals surface area contributed by atoms with E-state index in [0.29, 0.717) is 13.1 Å². The minimum Gasteiger partial charge on any atom is -0.207 e. The summed E-state index contributed by atoms with van der Waals surface area (Å²) in [5, 5.41) is 0. The quantitative estimate of drug-likeness (QED) is 0.801. The summed E-state index contributed by atoms with van der Waals surface area (Å²) in [4.78, 5) is -0.616. The van der Waals surface area contributed by atoms with Gasteiger partial charge in [0.1, 0.15) is 4.90 Å². The molecule has 0 aromatic heterocycles. The zero-order chi connectivity index (χ0) is 14.8. The van der Waals surface area contributed by atoms with Gasteiger partial charge < -0.3 is 0 Å². The second-order valence-corrected chi connectivity index (χ2v) is 7.02. The Kier molecular flexibility index (Phi) is 4.99. The number of hydrogen-bond donors (Lipinski definition) is 0. The summed E-state index contributed by atoms with van der Waals surface area (Å²) < 4.78 is 53.5. The largest absolute Gasteiger partial charge is 0.246 e. The minimum absolute atomic E-state index is 0.0697. The molecular formula is C13H16ClF2NO2S. The van der Waals surface area contributed by atoms with Crippen molar-refractivity contribution in [2.24, 2.45) is 0 Å². The molecule has 1 saturated heterocycles. The van der Waals surface area contributed by atoms with Gasteiger partial charge in [-0.25, -0.2) is 17.2 Å². The van der Waals surface area contributed by atoms with Gasteiger partial charge in [0, 0.05) is 19.0 Å². The van der Waals surface area contributed by atoms with Crippen LogP contribution in [0.25, 0.3) is 0 Å². The van der Waals surface area contributed by atoms with Gasteiger partial charge >= 0.3 is 0 Å². The van der Waals surface area contributed by atoms with Crippen LogP contribution in [-0.2, 0) is 15.9 Å². The molecule has 1 heterocycles. The Morgan fingerprint density at radius 2 is 1.70 bits per heavy atom. The smallest absolute Gasteiger partial charge is 0.207 e. The zero-order valence-corrected chi connectivity index (χ0v) is 12.5. The average Bonchev–Trinajstić information content (AvgIpc) is 2.70. The zero-order valence-electron chi connectivity index (χ0n) is 10.9. The number of halogens is 3. The molecule has 0 unspecified atom stereocenters. The van der Waals surface area contributed by atoms with Crippen LogP contribution in [0.1, 0.15) is 31.2 Å². The van der Waals surface area contributed by atoms with Gasteiger partial charge in [0.05, 0.1) is 0 Å². The van der Waals surface area contributed by atoms with E-state index in [2.05, 4.69) is 0 Å². The highest BCUT2D eigenvalue weighted by Crippen LogP contribution is 2.26. The second kappa shape index (κ2) is 6.37. The maximum Gasteiger partial charge on any atom is 0.246 e. The molecule has 1 aromatic rings. The summed E-state index contributed by atoms with van der Waals surface area (Å²) in [5.74, 6) is -2.58. The SMILES string of the molecule is O=S(=O)(c1cc(CCl)cc(F)c1F)N1CCCCCC1. The van der Waals surface area contributed by atoms with Crippen molar-refractivity contribution in [3.63, 3.8) is 0 Å². The molecule has 1 aliphatic rings. The van der Waals surface area contributed by atoms with E-state index >= 15 is 0 Å². The molecule has 0 atom stereocenters. The first kappa shape index (κ1) is 15.7. The van der Waals surface area contributed by atoms with Gasteiger partial charge in [-0.15, -0.1) is 11.6 Å². The number of benzene rings is 1. The van der Waals surface area contributed by atoms with Crippen LogP contribution in [0.4, 0.5) is 8.78 Å². The highest BCUT2D eigenvalue weighted by molar-refractivity contribution is 7.89. The van der Waals surface area contributed by atoms with Gasteiger partial charge in [-0.05, 0) is 30.5 Å². The van der Waals surface area contributed by atoms with Crippen LogP contribution in [0.5, 0.6) is 0 Å². The Balaban J connectivity index is 2.45. The number of nitrogens with zero attached hydrogens (tertiary/aromatic N) is 1. The molecule has 0 N–H and O–H groups in total. The van der Waals surface area contributed by atoms with Crippen molar-refractivity contribution in [1.82, 2.24) is 4.31 Å². The van der Waals surface area contributed by atoms with Crippen LogP contribution in [0.3, 0.4) is 0 Å². The van der Waals surface area contributed by atoms with Crippen molar-refractivity contribution in [3.8, 4) is 0 Å². The standard InChI is InChI=1S/C13H16ClF2NO2S/c14-9-10-7-11(15)13(16)12(8-10)20(18,19)17-5-3-1-2-4-6-17/h7-8H,1-6,9H2. The van der Waals surface area contributed by atoms with Crippen LogP contribution in [0.15, 0.2) is 17.0 Å². The summed E-state index contributed by atoms with van der Waals surface area (Å²) in [7, 11) is -4.01. The lowest BCUT2D eigenvalue weighted by molar-refractivity contribution is 0.414. The first-order valence-corrected chi connectivity index (χ1v) is 8.48. The van der Waals surface area contributed by atoms with E-state index in [1.807, 2.05) is 0 Å². The van der Waals surface area contributed by atoms with E-state index in [4.69, 9.17) is 11.6 Å². The van der Waals surface area contributed by atoms with Crippen molar-refractivity contribution >= 4 is 21.6 Å². The maximum atomic E-state index is 13.8. The highest BCUT2D eigenvalue weighted by Gasteiger charge is 2.29. The third-order valence-corrected chi connectivity index (χ3v) is 5.60. The number of alkyl halides is 1. The number of rotatable bonds is 3. The molecule has 0 radical (unpaired) electrons. The number of sulfonamides is 1. The summed E-state index contributed by atoms with van der Waals surface area (Å²) in [6.45, 7) is 0.684. The van der Waals surface area contributed by atoms with Crippen LogP contribution in [-0.4, -0.2) is 25.8 Å². The molecule has 1 aliphatic heterocycles. The van der Waals surface area contributed by atoms with Crippen LogP contribution < -0.4 is 0 Å². The third kappa shape index (κ3) is 3.13. The Hall–Kier alpha value is -0.720. The maximum absolute atomic E-state index is 13.8. The molecule has 0 bridgehead atoms. The lowest BCUT2D eigenvalue weighted by Gasteiger charge is -2.20. The molecule has 112 valence electrons. The summed E-state index contributed by atoms with van der Waals surface area (Å²) in [5.41, 5.74) is 0.249. The highest BCUT2D eigenvalue weighted by atomic mass is 35.5. The molecule has 1 fully saturated rings. The average molecular weight is 324 g/mol. The number of hydrogen-bond acceptors (Lipinski definition) is 2. The van der Waals surface area contributed by atoms with Crippen LogP contribution in [0.2, 0.25) is 0 Å². The Bertz CT molecular complexity index is 584. The fourth-order valence-corrected chi connectivity index (χ4v) is 4.10. The van der Waals surface area contributed by atoms with E-state index in [-0.39, 0.29) is 11.4 Å². The first-order valence-electron chi connectivity index (χ1n) is 6.51. The second-order valence-electron chi connectivity index (χ2n) is 4.84. The molecule has 0 saturated carbocycles. The summed E-state index contributed by atoms with van der Waals surface area (Å²) in [6, 6.07) is 2.04. The topological polar surface area (TPSA) is 37.4 Å². The van der Waals surface area contributed by atoms with Crippen molar-refractivity contribution in [2.45, 2.75) is 36.5 Å². The third-order valence-electron chi connectivity index (χ3n) is 3.39. The van der Waals surface area contributed by atoms with Crippen molar-refractivity contribution in [3.05, 3.63) is 29.3 Å². The summed E-state index contributed by atoms with van der Waals surface area (Å²) >= 11 is 5.59. The van der Waals surface area contributed by atoms with E-state index in [9.17, 15) is 17.2 Å². The van der Waals surface area contributed by atoms with Gasteiger partial charge in [-0.1, -0.05) is 12.8 Å². The van der Waals surface area contributed by atoms with Gasteiger partial charge in [0.2, 0.25) is 10.0 Å². The van der Waals surface area contributed by atoms with E-state index < -0.39 is 26.6 Å². The normalized spacial score (nSPS) is 17.9. The van der Waals surface area contributed by atoms with E-state index in [0.717, 1.165) is 37.8 Å². The lowest BCUT2D eigenvalue weighted by Crippen LogP contribution is -2.32. The predicted molar refractivity (Wildman–Crippen MR) is 73.1 cm³/mol. The van der Waals surface area contributed by atoms with Crippen molar-refractivity contribution in [1.29, 1.82) is 0 Å². The van der Waals surface area contributed by atoms with Crippen LogP contribution in [0, 0.1) is 11.6 Å². The van der Waals surface area contributed by atoms with Crippen molar-refractivity contribution < 1.29 is 17.2 Å². The van der Waals surface area contributed by atoms with Crippen LogP contribution >= 0.6 is 11.6 Å². The molecule has 2 rings (SSSR count). The fraction of sp³-hybridized carbons (Fsp3) is 0.538. The lowest BCUT2D eigenvalue weighted by atomic mass is 10.2. The Morgan fingerprint density at radius 1 is 1.10 bits per heavy atom. The van der Waals surface area contributed by atoms with E-state index in [1.165, 1.54) is 4.31 Å². The molecule has 1 aromatic carbocycles. The first-order chi connectivity index (χ1) is 9.46. The van der Waals surface area contributed by atoms with Gasteiger partial charge in [-0.3, -0.25) is 0 Å². The molecule has 0 amide bonds. The molecule has 20 heavy (non-hydrogen) atoms. The molecule has 3 nitrogen and oxygen atoms in total.